The van der Waals surface area contributed by atoms with Crippen LogP contribution in [0.4, 0.5) is 5.13 Å². The van der Waals surface area contributed by atoms with Gasteiger partial charge in [-0.3, -0.25) is 0 Å². The molecule has 6 heteroatoms. The Hall–Kier alpha value is -1.50. The molecule has 1 aliphatic carbocycles. The van der Waals surface area contributed by atoms with Crippen LogP contribution in [-0.4, -0.2) is 18.3 Å². The standard InChI is InChI=1S/C17H13BrN2OS2/c1-9-3-4-10(22-9)8-19-17-20-16-14(23-17)7-11-12(18)5-6-13(21-2)15(11)16/h3-6,8H,7H2,1-2H3. The minimum atomic E-state index is 0.800. The maximum atomic E-state index is 5.52. The molecule has 3 nitrogen and oxygen atoms in total. The Bertz CT molecular complexity index is 927. The van der Waals surface area contributed by atoms with Crippen LogP contribution in [0.1, 0.15) is 20.2 Å². The molecule has 0 fully saturated rings. The van der Waals surface area contributed by atoms with E-state index in [2.05, 4.69) is 40.0 Å². The van der Waals surface area contributed by atoms with Crippen LogP contribution >= 0.6 is 38.6 Å². The van der Waals surface area contributed by atoms with Crippen molar-refractivity contribution in [3.63, 3.8) is 0 Å². The van der Waals surface area contributed by atoms with Gasteiger partial charge in [0.1, 0.15) is 5.75 Å². The molecule has 1 aliphatic rings. The van der Waals surface area contributed by atoms with E-state index < -0.39 is 0 Å². The van der Waals surface area contributed by atoms with Gasteiger partial charge < -0.3 is 4.74 Å². The lowest BCUT2D eigenvalue weighted by Gasteiger charge is -2.08. The number of nitrogens with zero attached hydrogens (tertiary/aromatic N) is 2. The van der Waals surface area contributed by atoms with Crippen LogP contribution in [0, 0.1) is 6.92 Å². The Morgan fingerprint density at radius 1 is 1.26 bits per heavy atom. The third-order valence-electron chi connectivity index (χ3n) is 3.76. The Balaban J connectivity index is 1.72. The number of thiazole rings is 1. The zero-order valence-corrected chi connectivity index (χ0v) is 15.8. The van der Waals surface area contributed by atoms with E-state index >= 15 is 0 Å². The summed E-state index contributed by atoms with van der Waals surface area (Å²) in [6.45, 7) is 2.10. The molecule has 0 atom stereocenters. The monoisotopic (exact) mass is 404 g/mol. The number of methoxy groups -OCH3 is 1. The summed E-state index contributed by atoms with van der Waals surface area (Å²) in [5.74, 6) is 0.872. The molecule has 2 aromatic heterocycles. The highest BCUT2D eigenvalue weighted by molar-refractivity contribution is 9.10. The second kappa shape index (κ2) is 5.85. The first-order valence-corrected chi connectivity index (χ1v) is 9.54. The average molecular weight is 405 g/mol. The number of hydrogen-bond acceptors (Lipinski definition) is 5. The fourth-order valence-electron chi connectivity index (χ4n) is 2.72. The summed E-state index contributed by atoms with van der Waals surface area (Å²) in [6.07, 6.45) is 2.78. The van der Waals surface area contributed by atoms with Gasteiger partial charge in [0.2, 0.25) is 5.13 Å². The van der Waals surface area contributed by atoms with E-state index in [1.807, 2.05) is 18.3 Å². The third kappa shape index (κ3) is 2.65. The lowest BCUT2D eigenvalue weighted by atomic mass is 10.1. The van der Waals surface area contributed by atoms with Crippen molar-refractivity contribution in [2.75, 3.05) is 7.11 Å². The van der Waals surface area contributed by atoms with E-state index in [1.54, 1.807) is 29.8 Å². The van der Waals surface area contributed by atoms with Crippen LogP contribution in [0.2, 0.25) is 0 Å². The highest BCUT2D eigenvalue weighted by Gasteiger charge is 2.28. The summed E-state index contributed by atoms with van der Waals surface area (Å²) >= 11 is 7.02. The molecule has 0 unspecified atom stereocenters. The summed E-state index contributed by atoms with van der Waals surface area (Å²) in [4.78, 5) is 13.0. The van der Waals surface area contributed by atoms with Crippen molar-refractivity contribution in [1.29, 1.82) is 0 Å². The smallest absolute Gasteiger partial charge is 0.209 e. The highest BCUT2D eigenvalue weighted by Crippen LogP contribution is 2.48. The van der Waals surface area contributed by atoms with Gasteiger partial charge in [0.25, 0.3) is 0 Å². The molecule has 0 radical (unpaired) electrons. The van der Waals surface area contributed by atoms with Crippen molar-refractivity contribution in [2.24, 2.45) is 4.99 Å². The van der Waals surface area contributed by atoms with Gasteiger partial charge in [-0.15, -0.1) is 11.3 Å². The van der Waals surface area contributed by atoms with E-state index in [1.165, 1.54) is 15.3 Å². The van der Waals surface area contributed by atoms with Gasteiger partial charge in [-0.2, -0.15) is 0 Å². The van der Waals surface area contributed by atoms with Crippen LogP contribution in [-0.2, 0) is 6.42 Å². The topological polar surface area (TPSA) is 34.5 Å². The number of aliphatic imine (C=N–C) groups is 1. The van der Waals surface area contributed by atoms with E-state index in [-0.39, 0.29) is 0 Å². The van der Waals surface area contributed by atoms with Crippen LogP contribution in [0.25, 0.3) is 11.3 Å². The summed E-state index contributed by atoms with van der Waals surface area (Å²) in [5, 5.41) is 0.800. The number of aryl methyl sites for hydroxylation is 1. The first-order chi connectivity index (χ1) is 11.2. The number of ether oxygens (including phenoxy) is 1. The molecule has 0 spiro atoms. The van der Waals surface area contributed by atoms with Crippen molar-refractivity contribution in [3.8, 4) is 17.0 Å². The van der Waals surface area contributed by atoms with Gasteiger partial charge in [0.05, 0.1) is 12.8 Å². The number of hydrogen-bond donors (Lipinski definition) is 0. The normalized spacial score (nSPS) is 12.7. The molecule has 0 saturated heterocycles. The quantitative estimate of drug-likeness (QED) is 0.416. The Morgan fingerprint density at radius 2 is 2.13 bits per heavy atom. The lowest BCUT2D eigenvalue weighted by Crippen LogP contribution is -1.90. The number of thiophene rings is 1. The SMILES string of the molecule is COc1ccc(Br)c2c1-c1nc(N=Cc3ccc(C)s3)sc1C2. The van der Waals surface area contributed by atoms with Crippen molar-refractivity contribution in [2.45, 2.75) is 13.3 Å². The fourth-order valence-corrected chi connectivity index (χ4v) is 4.86. The Kier molecular flexibility index (Phi) is 3.83. The van der Waals surface area contributed by atoms with Gasteiger partial charge in [-0.1, -0.05) is 27.3 Å². The minimum absolute atomic E-state index is 0.800. The van der Waals surface area contributed by atoms with Crippen molar-refractivity contribution >= 4 is 49.9 Å². The molecule has 1 aromatic carbocycles. The largest absolute Gasteiger partial charge is 0.496 e. The van der Waals surface area contributed by atoms with Gasteiger partial charge in [0.15, 0.2) is 0 Å². The molecule has 23 heavy (non-hydrogen) atoms. The molecule has 3 aromatic rings. The van der Waals surface area contributed by atoms with E-state index in [0.717, 1.165) is 37.9 Å². The van der Waals surface area contributed by atoms with E-state index in [0.29, 0.717) is 0 Å². The van der Waals surface area contributed by atoms with Gasteiger partial charge in [0, 0.05) is 37.3 Å². The maximum absolute atomic E-state index is 5.52. The predicted octanol–water partition coefficient (Wildman–Crippen LogP) is 5.61. The van der Waals surface area contributed by atoms with Crippen molar-refractivity contribution in [3.05, 3.63) is 48.9 Å². The van der Waals surface area contributed by atoms with Gasteiger partial charge >= 0.3 is 0 Å². The highest BCUT2D eigenvalue weighted by atomic mass is 79.9. The second-order valence-corrected chi connectivity index (χ2v) is 8.49. The number of fused-ring (bicyclic) bond motifs is 3. The summed E-state index contributed by atoms with van der Waals surface area (Å²) in [5.41, 5.74) is 3.36. The summed E-state index contributed by atoms with van der Waals surface area (Å²) < 4.78 is 6.63. The fraction of sp³-hybridized carbons (Fsp3) is 0.176. The van der Waals surface area contributed by atoms with Crippen LogP contribution in [0.3, 0.4) is 0 Å². The Morgan fingerprint density at radius 3 is 2.87 bits per heavy atom. The van der Waals surface area contributed by atoms with Gasteiger partial charge in [-0.05, 0) is 36.8 Å². The van der Waals surface area contributed by atoms with E-state index in [9.17, 15) is 0 Å². The molecule has 0 N–H and O–H groups in total. The number of aromatic nitrogens is 1. The zero-order valence-electron chi connectivity index (χ0n) is 12.6. The summed E-state index contributed by atoms with van der Waals surface area (Å²) in [6, 6.07) is 8.20. The van der Waals surface area contributed by atoms with Crippen molar-refractivity contribution < 1.29 is 4.74 Å². The number of rotatable bonds is 3. The lowest BCUT2D eigenvalue weighted by molar-refractivity contribution is 0.416. The zero-order chi connectivity index (χ0) is 16.0. The average Bonchev–Trinajstić information content (AvgIpc) is 3.20. The molecular weight excluding hydrogens is 392 g/mol. The van der Waals surface area contributed by atoms with Gasteiger partial charge in [-0.25, -0.2) is 9.98 Å². The Labute approximate surface area is 150 Å². The molecule has 0 aliphatic heterocycles. The molecule has 0 amide bonds. The molecule has 0 saturated carbocycles. The number of benzene rings is 1. The first kappa shape index (κ1) is 15.1. The molecule has 0 bridgehead atoms. The van der Waals surface area contributed by atoms with E-state index in [4.69, 9.17) is 9.72 Å². The molecule has 4 rings (SSSR count). The summed E-state index contributed by atoms with van der Waals surface area (Å²) in [7, 11) is 1.70. The third-order valence-corrected chi connectivity index (χ3v) is 6.40. The number of halogens is 1. The van der Waals surface area contributed by atoms with Crippen LogP contribution in [0.5, 0.6) is 5.75 Å². The molecule has 116 valence electrons. The minimum Gasteiger partial charge on any atom is -0.496 e. The van der Waals surface area contributed by atoms with Crippen LogP contribution in [0.15, 0.2) is 33.7 Å². The second-order valence-electron chi connectivity index (χ2n) is 5.25. The van der Waals surface area contributed by atoms with Crippen molar-refractivity contribution in [1.82, 2.24) is 4.98 Å². The maximum Gasteiger partial charge on any atom is 0.209 e. The predicted molar refractivity (Wildman–Crippen MR) is 101 cm³/mol. The first-order valence-electron chi connectivity index (χ1n) is 7.11. The van der Waals surface area contributed by atoms with Crippen LogP contribution < -0.4 is 4.74 Å². The molecular formula is C17H13BrN2OS2. The molecule has 2 heterocycles.